The van der Waals surface area contributed by atoms with Gasteiger partial charge in [-0.05, 0) is 42.8 Å². The summed E-state index contributed by atoms with van der Waals surface area (Å²) in [5, 5.41) is 4.63. The number of hydrogen-bond donors (Lipinski definition) is 0. The SMILES string of the molecule is [C-]#[N+]c1ccc(OC2C(C)(C)C(N3Cc4cc(C#Cc5cnn(CCC(=O)OCC)c5)ccc4C3=O)C2(C)C)cc1Cl. The molecule has 8 nitrogen and oxygen atoms in total. The predicted molar refractivity (Wildman–Crippen MR) is 159 cm³/mol. The largest absolute Gasteiger partial charge is 0.489 e. The molecule has 3 aromatic rings. The molecule has 5 rings (SSSR count). The number of fused-ring (bicyclic) bond motifs is 1. The molecule has 9 heteroatoms. The van der Waals surface area contributed by atoms with E-state index in [0.29, 0.717) is 41.7 Å². The van der Waals surface area contributed by atoms with E-state index in [0.717, 1.165) is 16.7 Å². The Morgan fingerprint density at radius 1 is 1.14 bits per heavy atom. The number of aromatic nitrogens is 2. The van der Waals surface area contributed by atoms with Gasteiger partial charge in [0.25, 0.3) is 5.91 Å². The molecule has 1 fully saturated rings. The van der Waals surface area contributed by atoms with Crippen LogP contribution in [0, 0.1) is 29.2 Å². The van der Waals surface area contributed by atoms with E-state index in [4.69, 9.17) is 27.6 Å². The Hall–Kier alpha value is -4.27. The summed E-state index contributed by atoms with van der Waals surface area (Å²) in [6.45, 7) is 18.8. The first-order valence-electron chi connectivity index (χ1n) is 13.9. The monoisotopic (exact) mass is 584 g/mol. The Bertz CT molecular complexity index is 1640. The molecule has 1 aliphatic carbocycles. The molecule has 0 unspecified atom stereocenters. The van der Waals surface area contributed by atoms with Gasteiger partial charge in [-0.2, -0.15) is 5.10 Å². The topological polar surface area (TPSA) is 78.0 Å². The summed E-state index contributed by atoms with van der Waals surface area (Å²) < 4.78 is 13.1. The number of amides is 1. The lowest BCUT2D eigenvalue weighted by atomic mass is 9.49. The van der Waals surface area contributed by atoms with E-state index in [1.54, 1.807) is 42.2 Å². The number of aryl methyl sites for hydroxylation is 1. The lowest BCUT2D eigenvalue weighted by Crippen LogP contribution is -2.74. The van der Waals surface area contributed by atoms with Crippen LogP contribution in [0.5, 0.6) is 5.75 Å². The highest BCUT2D eigenvalue weighted by atomic mass is 35.5. The molecular weight excluding hydrogens is 552 g/mol. The Morgan fingerprint density at radius 2 is 1.88 bits per heavy atom. The second-order valence-corrected chi connectivity index (χ2v) is 12.3. The van der Waals surface area contributed by atoms with Crippen LogP contribution < -0.4 is 4.74 Å². The van der Waals surface area contributed by atoms with Crippen LogP contribution in [0.15, 0.2) is 48.8 Å². The van der Waals surface area contributed by atoms with Crippen LogP contribution in [0.3, 0.4) is 0 Å². The fourth-order valence-corrected chi connectivity index (χ4v) is 6.98. The van der Waals surface area contributed by atoms with Gasteiger partial charge in [-0.15, -0.1) is 0 Å². The number of halogens is 1. The van der Waals surface area contributed by atoms with Crippen LogP contribution in [0.4, 0.5) is 5.69 Å². The third-order valence-electron chi connectivity index (χ3n) is 8.14. The fourth-order valence-electron chi connectivity index (χ4n) is 6.77. The van der Waals surface area contributed by atoms with Crippen LogP contribution in [0.1, 0.15) is 68.1 Å². The van der Waals surface area contributed by atoms with Crippen LogP contribution in [0.2, 0.25) is 5.02 Å². The molecule has 2 heterocycles. The lowest BCUT2D eigenvalue weighted by molar-refractivity contribution is -0.199. The molecule has 1 saturated carbocycles. The summed E-state index contributed by atoms with van der Waals surface area (Å²) in [5.41, 5.74) is 2.94. The van der Waals surface area contributed by atoms with E-state index in [1.165, 1.54) is 0 Å². The highest BCUT2D eigenvalue weighted by Crippen LogP contribution is 2.59. The summed E-state index contributed by atoms with van der Waals surface area (Å²) in [6.07, 6.45) is 3.56. The highest BCUT2D eigenvalue weighted by molar-refractivity contribution is 6.33. The minimum absolute atomic E-state index is 0.0152. The maximum absolute atomic E-state index is 13.6. The zero-order valence-electron chi connectivity index (χ0n) is 24.4. The summed E-state index contributed by atoms with van der Waals surface area (Å²) in [7, 11) is 0. The van der Waals surface area contributed by atoms with Gasteiger partial charge in [0.2, 0.25) is 5.69 Å². The van der Waals surface area contributed by atoms with Gasteiger partial charge in [-0.3, -0.25) is 14.3 Å². The van der Waals surface area contributed by atoms with Gasteiger partial charge in [-0.1, -0.05) is 57.2 Å². The first-order chi connectivity index (χ1) is 19.9. The molecule has 0 spiro atoms. The summed E-state index contributed by atoms with van der Waals surface area (Å²) >= 11 is 6.25. The molecule has 216 valence electrons. The van der Waals surface area contributed by atoms with Crippen molar-refractivity contribution in [3.8, 4) is 17.6 Å². The Balaban J connectivity index is 1.28. The van der Waals surface area contributed by atoms with Crippen molar-refractivity contribution in [3.05, 3.63) is 87.5 Å². The molecule has 0 atom stereocenters. The van der Waals surface area contributed by atoms with E-state index >= 15 is 0 Å². The number of benzene rings is 2. The second-order valence-electron chi connectivity index (χ2n) is 11.9. The van der Waals surface area contributed by atoms with Crippen molar-refractivity contribution >= 4 is 29.2 Å². The van der Waals surface area contributed by atoms with Gasteiger partial charge in [-0.25, -0.2) is 4.85 Å². The standard InChI is InChI=1S/C33H33ClN4O4/c1-7-41-28(39)14-15-37-19-22(18-36-37)9-8-21-10-12-25-23(16-21)20-38(29(25)40)30-32(2,3)31(33(30,4)5)42-24-11-13-27(35-6)26(34)17-24/h10-13,16-19,30-31H,7,14-15,20H2,1-5H3. The van der Waals surface area contributed by atoms with Gasteiger partial charge < -0.3 is 14.4 Å². The third-order valence-corrected chi connectivity index (χ3v) is 8.44. The minimum atomic E-state index is -0.331. The fraction of sp³-hybridized carbons (Fsp3) is 0.394. The highest BCUT2D eigenvalue weighted by Gasteiger charge is 2.66. The number of esters is 1. The molecular formula is C33H33ClN4O4. The molecule has 1 amide bonds. The Labute approximate surface area is 251 Å². The zero-order valence-corrected chi connectivity index (χ0v) is 25.2. The number of rotatable bonds is 7. The zero-order chi connectivity index (χ0) is 30.2. The van der Waals surface area contributed by atoms with Crippen LogP contribution >= 0.6 is 11.6 Å². The predicted octanol–water partition coefficient (Wildman–Crippen LogP) is 6.28. The van der Waals surface area contributed by atoms with Crippen molar-refractivity contribution in [1.29, 1.82) is 0 Å². The molecule has 0 radical (unpaired) electrons. The Kier molecular flexibility index (Phi) is 7.79. The first kappa shape index (κ1) is 29.2. The van der Waals surface area contributed by atoms with Crippen molar-refractivity contribution in [2.24, 2.45) is 10.8 Å². The Morgan fingerprint density at radius 3 is 2.57 bits per heavy atom. The molecule has 1 aliphatic heterocycles. The average Bonchev–Trinajstić information content (AvgIpc) is 3.53. The molecule has 0 N–H and O–H groups in total. The molecule has 2 aliphatic rings. The van der Waals surface area contributed by atoms with Crippen LogP contribution in [0.25, 0.3) is 4.85 Å². The maximum Gasteiger partial charge on any atom is 0.307 e. The summed E-state index contributed by atoms with van der Waals surface area (Å²) in [5.74, 6) is 6.68. The number of carbonyl (C=O) groups is 2. The van der Waals surface area contributed by atoms with Crippen molar-refractivity contribution in [3.63, 3.8) is 0 Å². The molecule has 2 aromatic carbocycles. The van der Waals surface area contributed by atoms with Gasteiger partial charge >= 0.3 is 5.97 Å². The minimum Gasteiger partial charge on any atom is -0.489 e. The average molecular weight is 585 g/mol. The van der Waals surface area contributed by atoms with E-state index in [-0.39, 0.29) is 41.3 Å². The molecule has 0 bridgehead atoms. The molecule has 42 heavy (non-hydrogen) atoms. The summed E-state index contributed by atoms with van der Waals surface area (Å²) in [4.78, 5) is 30.6. The first-order valence-corrected chi connectivity index (χ1v) is 14.3. The van der Waals surface area contributed by atoms with Crippen LogP contribution in [-0.4, -0.2) is 45.3 Å². The van der Waals surface area contributed by atoms with Gasteiger partial charge in [0.1, 0.15) is 11.9 Å². The second kappa shape index (κ2) is 11.2. The van der Waals surface area contributed by atoms with Crippen molar-refractivity contribution < 1.29 is 19.1 Å². The number of nitrogens with zero attached hydrogens (tertiary/aromatic N) is 4. The van der Waals surface area contributed by atoms with E-state index in [1.807, 2.05) is 23.1 Å². The third kappa shape index (κ3) is 5.35. The van der Waals surface area contributed by atoms with Gasteiger partial charge in [0.15, 0.2) is 0 Å². The van der Waals surface area contributed by atoms with E-state index in [2.05, 4.69) is 49.5 Å². The lowest BCUT2D eigenvalue weighted by Gasteiger charge is -2.65. The van der Waals surface area contributed by atoms with Crippen molar-refractivity contribution in [2.75, 3.05) is 6.61 Å². The maximum atomic E-state index is 13.6. The smallest absolute Gasteiger partial charge is 0.307 e. The number of hydrogen-bond acceptors (Lipinski definition) is 5. The molecule has 0 saturated heterocycles. The normalized spacial score (nSPS) is 19.6. The summed E-state index contributed by atoms with van der Waals surface area (Å²) in [6, 6.07) is 10.8. The quantitative estimate of drug-likeness (QED) is 0.186. The van der Waals surface area contributed by atoms with E-state index in [9.17, 15) is 9.59 Å². The number of ether oxygens (including phenoxy) is 2. The van der Waals surface area contributed by atoms with Gasteiger partial charge in [0, 0.05) is 40.7 Å². The van der Waals surface area contributed by atoms with Crippen LogP contribution in [-0.2, 0) is 22.6 Å². The molecule has 1 aromatic heterocycles. The van der Waals surface area contributed by atoms with E-state index < -0.39 is 0 Å². The van der Waals surface area contributed by atoms with Crippen molar-refractivity contribution in [1.82, 2.24) is 14.7 Å². The van der Waals surface area contributed by atoms with Crippen molar-refractivity contribution in [2.45, 2.75) is 66.3 Å². The van der Waals surface area contributed by atoms with Gasteiger partial charge in [0.05, 0.1) is 42.9 Å². The number of carbonyl (C=O) groups excluding carboxylic acids is 2.